The van der Waals surface area contributed by atoms with Gasteiger partial charge in [-0.3, -0.25) is 9.59 Å². The highest BCUT2D eigenvalue weighted by Gasteiger charge is 2.29. The smallest absolute Gasteiger partial charge is 0.305 e. The predicted octanol–water partition coefficient (Wildman–Crippen LogP) is 3.55. The molecular formula is C20H29NO5. The molecule has 26 heavy (non-hydrogen) atoms. The molecule has 0 radical (unpaired) electrons. The fourth-order valence-corrected chi connectivity index (χ4v) is 3.64. The topological polar surface area (TPSA) is 84.9 Å². The highest BCUT2D eigenvalue weighted by molar-refractivity contribution is 5.80. The van der Waals surface area contributed by atoms with E-state index in [2.05, 4.69) is 12.2 Å². The molecule has 144 valence electrons. The fraction of sp³-hybridized carbons (Fsp3) is 0.600. The maximum absolute atomic E-state index is 12.7. The summed E-state index contributed by atoms with van der Waals surface area (Å²) in [6, 6.07) is 4.55. The van der Waals surface area contributed by atoms with E-state index in [1.807, 2.05) is 0 Å². The second-order valence-electron chi connectivity index (χ2n) is 6.89. The Morgan fingerprint density at radius 3 is 2.42 bits per heavy atom. The summed E-state index contributed by atoms with van der Waals surface area (Å²) in [5.41, 5.74) is 0.645. The molecule has 0 spiro atoms. The van der Waals surface area contributed by atoms with Gasteiger partial charge in [0.2, 0.25) is 5.91 Å². The number of benzene rings is 1. The van der Waals surface area contributed by atoms with Crippen LogP contribution in [0.25, 0.3) is 0 Å². The lowest BCUT2D eigenvalue weighted by Gasteiger charge is -2.29. The van der Waals surface area contributed by atoms with Crippen LogP contribution in [-0.4, -0.2) is 31.2 Å². The molecule has 0 heterocycles. The summed E-state index contributed by atoms with van der Waals surface area (Å²) in [5, 5.41) is 12.2. The van der Waals surface area contributed by atoms with Crippen LogP contribution in [0, 0.1) is 11.8 Å². The van der Waals surface area contributed by atoms with E-state index in [0.29, 0.717) is 23.0 Å². The van der Waals surface area contributed by atoms with Crippen LogP contribution in [0.1, 0.15) is 57.1 Å². The van der Waals surface area contributed by atoms with E-state index in [1.54, 1.807) is 25.3 Å². The molecule has 6 heteroatoms. The van der Waals surface area contributed by atoms with Crippen molar-refractivity contribution in [2.45, 2.75) is 51.5 Å². The van der Waals surface area contributed by atoms with Crippen LogP contribution >= 0.6 is 0 Å². The molecule has 1 saturated carbocycles. The first-order chi connectivity index (χ1) is 12.5. The Bertz CT molecular complexity index is 623. The van der Waals surface area contributed by atoms with Crippen LogP contribution in [0.5, 0.6) is 11.5 Å². The Hall–Kier alpha value is -2.24. The molecule has 1 unspecified atom stereocenters. The molecule has 0 aliphatic heterocycles. The highest BCUT2D eigenvalue weighted by Crippen LogP contribution is 2.34. The second-order valence-corrected chi connectivity index (χ2v) is 6.89. The van der Waals surface area contributed by atoms with Gasteiger partial charge in [-0.2, -0.15) is 0 Å². The van der Waals surface area contributed by atoms with Crippen LogP contribution in [-0.2, 0) is 9.59 Å². The number of carboxylic acids is 1. The lowest BCUT2D eigenvalue weighted by molar-refractivity contribution is -0.138. The summed E-state index contributed by atoms with van der Waals surface area (Å²) in [6.07, 6.45) is 4.81. The number of hydrogen-bond acceptors (Lipinski definition) is 4. The minimum absolute atomic E-state index is 0.0432. The van der Waals surface area contributed by atoms with Gasteiger partial charge in [0.1, 0.15) is 11.5 Å². The molecule has 2 rings (SSSR count). The van der Waals surface area contributed by atoms with E-state index in [1.165, 1.54) is 7.11 Å². The quantitative estimate of drug-likeness (QED) is 0.738. The van der Waals surface area contributed by atoms with Crippen molar-refractivity contribution < 1.29 is 24.2 Å². The lowest BCUT2D eigenvalue weighted by atomic mass is 9.80. The van der Waals surface area contributed by atoms with E-state index in [0.717, 1.165) is 32.1 Å². The van der Waals surface area contributed by atoms with E-state index in [4.69, 9.17) is 9.47 Å². The van der Waals surface area contributed by atoms with Gasteiger partial charge < -0.3 is 19.9 Å². The Labute approximate surface area is 154 Å². The van der Waals surface area contributed by atoms with Crippen molar-refractivity contribution >= 4 is 11.9 Å². The van der Waals surface area contributed by atoms with Crippen molar-refractivity contribution in [2.75, 3.05) is 14.2 Å². The number of amides is 1. The van der Waals surface area contributed by atoms with Gasteiger partial charge in [0, 0.05) is 17.5 Å². The van der Waals surface area contributed by atoms with Crippen molar-refractivity contribution in [1.82, 2.24) is 5.32 Å². The molecule has 0 saturated heterocycles. The zero-order valence-corrected chi connectivity index (χ0v) is 15.8. The fourth-order valence-electron chi connectivity index (χ4n) is 3.64. The largest absolute Gasteiger partial charge is 0.497 e. The molecule has 1 aromatic carbocycles. The SMILES string of the molecule is CCC1CCC(C(=O)NC(CC(=O)O)c2ccc(OC)cc2OC)CC1. The number of hydrogen-bond donors (Lipinski definition) is 2. The number of carbonyl (C=O) groups excluding carboxylic acids is 1. The van der Waals surface area contributed by atoms with Crippen molar-refractivity contribution in [1.29, 1.82) is 0 Å². The molecule has 1 aromatic rings. The van der Waals surface area contributed by atoms with Crippen LogP contribution < -0.4 is 14.8 Å². The molecule has 0 bridgehead atoms. The average molecular weight is 363 g/mol. The third-order valence-corrected chi connectivity index (χ3v) is 5.31. The standard InChI is InChI=1S/C20H29NO5/c1-4-13-5-7-14(8-6-13)20(24)21-17(12-19(22)23)16-10-9-15(25-2)11-18(16)26-3/h9-11,13-14,17H,4-8,12H2,1-3H3,(H,21,24)(H,22,23). The Kier molecular flexibility index (Phi) is 7.30. The van der Waals surface area contributed by atoms with Crippen molar-refractivity contribution in [3.63, 3.8) is 0 Å². The van der Waals surface area contributed by atoms with Gasteiger partial charge in [0.25, 0.3) is 0 Å². The zero-order valence-electron chi connectivity index (χ0n) is 15.8. The van der Waals surface area contributed by atoms with Gasteiger partial charge in [-0.15, -0.1) is 0 Å². The van der Waals surface area contributed by atoms with E-state index in [9.17, 15) is 14.7 Å². The van der Waals surface area contributed by atoms with Crippen molar-refractivity contribution in [3.8, 4) is 11.5 Å². The first-order valence-electron chi connectivity index (χ1n) is 9.22. The molecule has 2 N–H and O–H groups in total. The summed E-state index contributed by atoms with van der Waals surface area (Å²) in [4.78, 5) is 24.0. The number of nitrogens with one attached hydrogen (secondary N) is 1. The molecule has 1 atom stereocenters. The minimum Gasteiger partial charge on any atom is -0.497 e. The van der Waals surface area contributed by atoms with Gasteiger partial charge in [0.05, 0.1) is 26.7 Å². The minimum atomic E-state index is -0.970. The van der Waals surface area contributed by atoms with Gasteiger partial charge in [-0.1, -0.05) is 13.3 Å². The molecule has 1 aliphatic carbocycles. The summed E-state index contributed by atoms with van der Waals surface area (Å²) in [5.74, 6) is 0.745. The van der Waals surface area contributed by atoms with Gasteiger partial charge >= 0.3 is 5.97 Å². The number of aliphatic carboxylic acids is 1. The molecular weight excluding hydrogens is 334 g/mol. The number of ether oxygens (including phenoxy) is 2. The normalized spacial score (nSPS) is 20.9. The van der Waals surface area contributed by atoms with Crippen LogP contribution in [0.15, 0.2) is 18.2 Å². The highest BCUT2D eigenvalue weighted by atomic mass is 16.5. The Morgan fingerprint density at radius 2 is 1.88 bits per heavy atom. The maximum Gasteiger partial charge on any atom is 0.305 e. The molecule has 1 fully saturated rings. The number of carboxylic acid groups (broad SMARTS) is 1. The van der Waals surface area contributed by atoms with Crippen LogP contribution in [0.2, 0.25) is 0 Å². The summed E-state index contributed by atoms with van der Waals surface area (Å²) >= 11 is 0. The van der Waals surface area contributed by atoms with Gasteiger partial charge in [-0.05, 0) is 43.7 Å². The van der Waals surface area contributed by atoms with Crippen LogP contribution in [0.3, 0.4) is 0 Å². The average Bonchev–Trinajstić information content (AvgIpc) is 2.66. The van der Waals surface area contributed by atoms with Crippen molar-refractivity contribution in [3.05, 3.63) is 23.8 Å². The Balaban J connectivity index is 2.15. The third kappa shape index (κ3) is 5.13. The van der Waals surface area contributed by atoms with E-state index >= 15 is 0 Å². The first kappa shape index (κ1) is 20.1. The predicted molar refractivity (Wildman–Crippen MR) is 98.4 cm³/mol. The van der Waals surface area contributed by atoms with E-state index in [-0.39, 0.29) is 18.2 Å². The monoisotopic (exact) mass is 363 g/mol. The number of rotatable bonds is 8. The first-order valence-corrected chi connectivity index (χ1v) is 9.22. The summed E-state index contributed by atoms with van der Waals surface area (Å²) < 4.78 is 10.6. The number of methoxy groups -OCH3 is 2. The molecule has 1 aliphatic rings. The second kappa shape index (κ2) is 9.46. The van der Waals surface area contributed by atoms with E-state index < -0.39 is 12.0 Å². The Morgan fingerprint density at radius 1 is 1.19 bits per heavy atom. The number of carbonyl (C=O) groups is 2. The molecule has 0 aromatic heterocycles. The van der Waals surface area contributed by atoms with Gasteiger partial charge in [-0.25, -0.2) is 0 Å². The molecule has 1 amide bonds. The van der Waals surface area contributed by atoms with Crippen molar-refractivity contribution in [2.24, 2.45) is 11.8 Å². The molecule has 6 nitrogen and oxygen atoms in total. The zero-order chi connectivity index (χ0) is 19.1. The summed E-state index contributed by atoms with van der Waals surface area (Å²) in [6.45, 7) is 2.18. The third-order valence-electron chi connectivity index (χ3n) is 5.31. The maximum atomic E-state index is 12.7. The summed E-state index contributed by atoms with van der Waals surface area (Å²) in [7, 11) is 3.07. The van der Waals surface area contributed by atoms with Gasteiger partial charge in [0.15, 0.2) is 0 Å². The lowest BCUT2D eigenvalue weighted by Crippen LogP contribution is -2.36. The van der Waals surface area contributed by atoms with Crippen LogP contribution in [0.4, 0.5) is 0 Å².